The molecule has 1 aromatic carbocycles. The summed E-state index contributed by atoms with van der Waals surface area (Å²) >= 11 is 0. The summed E-state index contributed by atoms with van der Waals surface area (Å²) in [7, 11) is 0. The first kappa shape index (κ1) is 15.4. The van der Waals surface area contributed by atoms with E-state index < -0.39 is 5.54 Å². The van der Waals surface area contributed by atoms with Crippen molar-refractivity contribution in [2.24, 2.45) is 4.99 Å². The second kappa shape index (κ2) is 6.04. The topological polar surface area (TPSA) is 61.8 Å². The summed E-state index contributed by atoms with van der Waals surface area (Å²) in [6, 6.07) is 8.03. The van der Waals surface area contributed by atoms with E-state index in [1.807, 2.05) is 24.3 Å². The van der Waals surface area contributed by atoms with Gasteiger partial charge in [0.1, 0.15) is 0 Å². The Balaban J connectivity index is 1.64. The van der Waals surface area contributed by atoms with Crippen LogP contribution in [0.1, 0.15) is 50.5 Å². The lowest BCUT2D eigenvalue weighted by atomic mass is 9.92. The molecule has 1 atom stereocenters. The van der Waals surface area contributed by atoms with Gasteiger partial charge in [-0.1, -0.05) is 37.5 Å². The maximum Gasteiger partial charge on any atom is 0.251 e. The number of nitrogens with zero attached hydrogens (tertiary/aromatic N) is 2. The zero-order valence-electron chi connectivity index (χ0n) is 13.8. The summed E-state index contributed by atoms with van der Waals surface area (Å²) in [4.78, 5) is 31.9. The lowest BCUT2D eigenvalue weighted by Gasteiger charge is -2.35. The minimum atomic E-state index is -0.923. The Morgan fingerprint density at radius 1 is 1.21 bits per heavy atom. The fourth-order valence-electron chi connectivity index (χ4n) is 4.12. The van der Waals surface area contributed by atoms with E-state index in [0.717, 1.165) is 24.1 Å². The van der Waals surface area contributed by atoms with Crippen LogP contribution in [0.15, 0.2) is 29.3 Å². The Bertz CT molecular complexity index is 694. The van der Waals surface area contributed by atoms with Crippen molar-refractivity contribution in [2.45, 2.75) is 63.1 Å². The summed E-state index contributed by atoms with van der Waals surface area (Å²) in [5.74, 6) is -0.0197. The highest BCUT2D eigenvalue weighted by atomic mass is 16.2. The SMILES string of the molecule is O=C1CCC2(C(=O)NC3CCCCC3)C=Nc3ccccc3CN12. The van der Waals surface area contributed by atoms with Crippen molar-refractivity contribution >= 4 is 23.7 Å². The van der Waals surface area contributed by atoms with Crippen molar-refractivity contribution in [3.05, 3.63) is 29.8 Å². The Hall–Kier alpha value is -2.17. The number of carbonyl (C=O) groups excluding carboxylic acids is 2. The maximum atomic E-state index is 13.1. The summed E-state index contributed by atoms with van der Waals surface area (Å²) in [5, 5.41) is 3.20. The van der Waals surface area contributed by atoms with Crippen LogP contribution in [0.4, 0.5) is 5.69 Å². The molecule has 4 rings (SSSR count). The Kier molecular flexibility index (Phi) is 3.87. The first-order valence-corrected chi connectivity index (χ1v) is 8.94. The summed E-state index contributed by atoms with van der Waals surface area (Å²) in [6.45, 7) is 0.451. The molecule has 0 bridgehead atoms. The van der Waals surface area contributed by atoms with Gasteiger partial charge in [0.05, 0.1) is 5.69 Å². The summed E-state index contributed by atoms with van der Waals surface area (Å²) in [5.41, 5.74) is 0.925. The van der Waals surface area contributed by atoms with Crippen molar-refractivity contribution in [3.8, 4) is 0 Å². The lowest BCUT2D eigenvalue weighted by molar-refractivity contribution is -0.138. The molecule has 1 aromatic rings. The van der Waals surface area contributed by atoms with E-state index >= 15 is 0 Å². The first-order valence-electron chi connectivity index (χ1n) is 8.94. The Morgan fingerprint density at radius 3 is 2.83 bits per heavy atom. The van der Waals surface area contributed by atoms with Crippen LogP contribution in [-0.4, -0.2) is 34.5 Å². The molecule has 0 spiro atoms. The van der Waals surface area contributed by atoms with Crippen LogP contribution in [-0.2, 0) is 16.1 Å². The van der Waals surface area contributed by atoms with E-state index in [4.69, 9.17) is 0 Å². The molecule has 0 aromatic heterocycles. The van der Waals surface area contributed by atoms with Gasteiger partial charge in [0.15, 0.2) is 5.54 Å². The highest BCUT2D eigenvalue weighted by molar-refractivity contribution is 6.09. The fraction of sp³-hybridized carbons (Fsp3) is 0.526. The van der Waals surface area contributed by atoms with Crippen LogP contribution in [0.5, 0.6) is 0 Å². The van der Waals surface area contributed by atoms with Gasteiger partial charge in [0, 0.05) is 25.2 Å². The Morgan fingerprint density at radius 2 is 2.00 bits per heavy atom. The smallest absolute Gasteiger partial charge is 0.251 e. The van der Waals surface area contributed by atoms with Crippen molar-refractivity contribution in [1.29, 1.82) is 0 Å². The number of hydrogen-bond acceptors (Lipinski definition) is 3. The van der Waals surface area contributed by atoms with Crippen LogP contribution in [0.3, 0.4) is 0 Å². The maximum absolute atomic E-state index is 13.1. The van der Waals surface area contributed by atoms with Crippen molar-refractivity contribution < 1.29 is 9.59 Å². The van der Waals surface area contributed by atoms with Crippen molar-refractivity contribution in [3.63, 3.8) is 0 Å². The fourth-order valence-corrected chi connectivity index (χ4v) is 4.12. The zero-order chi connectivity index (χ0) is 16.6. The molecular formula is C19H23N3O2. The second-order valence-corrected chi connectivity index (χ2v) is 7.10. The van der Waals surface area contributed by atoms with E-state index in [9.17, 15) is 9.59 Å². The summed E-state index contributed by atoms with van der Waals surface area (Å²) in [6.07, 6.45) is 8.29. The van der Waals surface area contributed by atoms with Gasteiger partial charge in [-0.15, -0.1) is 0 Å². The molecule has 1 saturated carbocycles. The minimum Gasteiger partial charge on any atom is -0.351 e. The van der Waals surface area contributed by atoms with Crippen LogP contribution < -0.4 is 5.32 Å². The number of para-hydroxylation sites is 1. The van der Waals surface area contributed by atoms with Gasteiger partial charge in [-0.2, -0.15) is 0 Å². The number of aliphatic imine (C=N–C) groups is 1. The van der Waals surface area contributed by atoms with Crippen LogP contribution in [0.2, 0.25) is 0 Å². The molecule has 1 N–H and O–H groups in total. The van der Waals surface area contributed by atoms with Gasteiger partial charge in [0.2, 0.25) is 5.91 Å². The average molecular weight is 325 g/mol. The molecule has 0 radical (unpaired) electrons. The highest BCUT2D eigenvalue weighted by Crippen LogP contribution is 2.36. The van der Waals surface area contributed by atoms with E-state index in [2.05, 4.69) is 10.3 Å². The van der Waals surface area contributed by atoms with Gasteiger partial charge >= 0.3 is 0 Å². The molecule has 5 heteroatoms. The minimum absolute atomic E-state index is 0.0388. The number of nitrogens with one attached hydrogen (secondary N) is 1. The van der Waals surface area contributed by atoms with Gasteiger partial charge in [0.25, 0.3) is 5.91 Å². The van der Waals surface area contributed by atoms with E-state index in [-0.39, 0.29) is 17.9 Å². The third kappa shape index (κ3) is 2.52. The van der Waals surface area contributed by atoms with Gasteiger partial charge < -0.3 is 10.2 Å². The van der Waals surface area contributed by atoms with E-state index in [1.54, 1.807) is 11.1 Å². The molecule has 3 aliphatic rings. The molecule has 126 valence electrons. The first-order chi connectivity index (χ1) is 11.7. The van der Waals surface area contributed by atoms with Crippen LogP contribution in [0.25, 0.3) is 0 Å². The quantitative estimate of drug-likeness (QED) is 0.909. The predicted molar refractivity (Wildman–Crippen MR) is 92.1 cm³/mol. The predicted octanol–water partition coefficient (Wildman–Crippen LogP) is 2.71. The van der Waals surface area contributed by atoms with Gasteiger partial charge in [-0.05, 0) is 30.9 Å². The average Bonchev–Trinajstić information content (AvgIpc) is 2.83. The number of amides is 2. The number of fused-ring (bicyclic) bond motifs is 2. The third-order valence-corrected chi connectivity index (χ3v) is 5.57. The normalized spacial score (nSPS) is 26.7. The molecule has 2 amide bonds. The van der Waals surface area contributed by atoms with Crippen LogP contribution >= 0.6 is 0 Å². The van der Waals surface area contributed by atoms with Crippen LogP contribution in [0, 0.1) is 0 Å². The van der Waals surface area contributed by atoms with E-state index in [1.165, 1.54) is 19.3 Å². The highest BCUT2D eigenvalue weighted by Gasteiger charge is 2.51. The molecule has 24 heavy (non-hydrogen) atoms. The van der Waals surface area contributed by atoms with Crippen molar-refractivity contribution in [2.75, 3.05) is 0 Å². The van der Waals surface area contributed by atoms with Crippen molar-refractivity contribution in [1.82, 2.24) is 10.2 Å². The van der Waals surface area contributed by atoms with E-state index in [0.29, 0.717) is 19.4 Å². The Labute approximate surface area is 142 Å². The molecular weight excluding hydrogens is 302 g/mol. The molecule has 1 saturated heterocycles. The lowest BCUT2D eigenvalue weighted by Crippen LogP contribution is -2.58. The molecule has 1 unspecified atom stereocenters. The largest absolute Gasteiger partial charge is 0.351 e. The number of rotatable bonds is 2. The standard InChI is InChI=1S/C19H23N3O2/c23-17-10-11-19(18(24)21-15-7-2-1-3-8-15)13-20-16-9-5-4-6-14(16)12-22(17)19/h4-6,9,13,15H,1-3,7-8,10-12H2,(H,21,24). The zero-order valence-corrected chi connectivity index (χ0v) is 13.8. The van der Waals surface area contributed by atoms with Gasteiger partial charge in [-0.3, -0.25) is 14.6 Å². The molecule has 2 aliphatic heterocycles. The number of benzene rings is 1. The molecule has 2 heterocycles. The van der Waals surface area contributed by atoms with Gasteiger partial charge in [-0.25, -0.2) is 0 Å². The summed E-state index contributed by atoms with van der Waals surface area (Å²) < 4.78 is 0. The number of hydrogen-bond donors (Lipinski definition) is 1. The monoisotopic (exact) mass is 325 g/mol. The third-order valence-electron chi connectivity index (χ3n) is 5.57. The number of carbonyl (C=O) groups is 2. The molecule has 5 nitrogen and oxygen atoms in total. The molecule has 2 fully saturated rings. The molecule has 1 aliphatic carbocycles. The second-order valence-electron chi connectivity index (χ2n) is 7.10.